The first-order valence-corrected chi connectivity index (χ1v) is 9.91. The Bertz CT molecular complexity index is 1020. The van der Waals surface area contributed by atoms with Gasteiger partial charge >= 0.3 is 0 Å². The molecule has 0 aliphatic carbocycles. The minimum atomic E-state index is -0.617. The van der Waals surface area contributed by atoms with E-state index in [-0.39, 0.29) is 17.3 Å². The van der Waals surface area contributed by atoms with E-state index in [9.17, 15) is 10.2 Å². The molecule has 1 fully saturated rings. The average Bonchev–Trinajstić information content (AvgIpc) is 3.20. The van der Waals surface area contributed by atoms with Crippen LogP contribution < -0.4 is 10.6 Å². The molecule has 4 rings (SSSR count). The number of nitrogens with one attached hydrogen (secondary N) is 3. The van der Waals surface area contributed by atoms with Crippen LogP contribution >= 0.6 is 0 Å². The predicted molar refractivity (Wildman–Crippen MR) is 114 cm³/mol. The number of aliphatic hydroxyl groups is 1. The predicted octanol–water partition coefficient (Wildman–Crippen LogP) is 2.33. The summed E-state index contributed by atoms with van der Waals surface area (Å²) in [5.74, 6) is 0.425. The quantitative estimate of drug-likeness (QED) is 0.444. The van der Waals surface area contributed by atoms with Crippen molar-refractivity contribution in [3.8, 4) is 28.1 Å². The van der Waals surface area contributed by atoms with Crippen LogP contribution in [0.4, 0.5) is 5.95 Å². The number of nitrogens with zero attached hydrogens (tertiary/aromatic N) is 4. The van der Waals surface area contributed by atoms with Gasteiger partial charge in [-0.25, -0.2) is 4.98 Å². The van der Waals surface area contributed by atoms with Crippen molar-refractivity contribution < 1.29 is 10.2 Å². The lowest BCUT2D eigenvalue weighted by Crippen LogP contribution is -2.68. The second-order valence-electron chi connectivity index (χ2n) is 9.02. The summed E-state index contributed by atoms with van der Waals surface area (Å²) >= 11 is 0. The molecular formula is C21H27N7O2. The maximum atomic E-state index is 10.7. The first-order chi connectivity index (χ1) is 14.1. The number of phenols is 1. The normalized spacial score (nSPS) is 22.6. The topological polar surface area (TPSA) is 132 Å². The first kappa shape index (κ1) is 20.2. The highest BCUT2D eigenvalue weighted by Gasteiger charge is 2.45. The van der Waals surface area contributed by atoms with E-state index < -0.39 is 11.6 Å². The Hall–Kier alpha value is -3.04. The fourth-order valence-electron chi connectivity index (χ4n) is 4.26. The fraction of sp³-hybridized carbons (Fsp3) is 0.429. The minimum absolute atomic E-state index is 0.0859. The minimum Gasteiger partial charge on any atom is -0.507 e. The Balaban J connectivity index is 1.52. The Morgan fingerprint density at radius 2 is 1.90 bits per heavy atom. The fourth-order valence-corrected chi connectivity index (χ4v) is 4.26. The van der Waals surface area contributed by atoms with Gasteiger partial charge in [-0.3, -0.25) is 5.10 Å². The van der Waals surface area contributed by atoms with Crippen LogP contribution in [0.5, 0.6) is 5.75 Å². The maximum Gasteiger partial charge on any atom is 0.243 e. The molecule has 0 radical (unpaired) electrons. The van der Waals surface area contributed by atoms with Gasteiger partial charge in [0, 0.05) is 28.4 Å². The molecule has 158 valence electrons. The van der Waals surface area contributed by atoms with Gasteiger partial charge in [0.05, 0.1) is 24.5 Å². The van der Waals surface area contributed by atoms with Crippen LogP contribution in [-0.2, 0) is 0 Å². The van der Waals surface area contributed by atoms with E-state index in [1.807, 2.05) is 19.9 Å². The number of aromatic hydroxyl groups is 1. The van der Waals surface area contributed by atoms with Gasteiger partial charge in [0.15, 0.2) is 0 Å². The van der Waals surface area contributed by atoms with E-state index in [4.69, 9.17) is 0 Å². The molecule has 1 aromatic carbocycles. The zero-order valence-electron chi connectivity index (χ0n) is 17.5. The number of benzene rings is 1. The van der Waals surface area contributed by atoms with Crippen LogP contribution in [0, 0.1) is 0 Å². The lowest BCUT2D eigenvalue weighted by atomic mass is 9.77. The average molecular weight is 409 g/mol. The number of aliphatic hydroxyl groups excluding tert-OH is 1. The van der Waals surface area contributed by atoms with Crippen molar-refractivity contribution in [3.63, 3.8) is 0 Å². The van der Waals surface area contributed by atoms with Crippen molar-refractivity contribution in [2.24, 2.45) is 0 Å². The van der Waals surface area contributed by atoms with Crippen molar-refractivity contribution in [2.75, 3.05) is 5.32 Å². The third-order valence-corrected chi connectivity index (χ3v) is 5.49. The molecule has 9 nitrogen and oxygen atoms in total. The SMILES string of the molecule is CC1(C)C[C@H](Nc2ncc(-c3ccc(-c4cn[nH]c4)cc3O)nn2)[C@H](O)C(C)(C)N1. The van der Waals surface area contributed by atoms with E-state index >= 15 is 0 Å². The summed E-state index contributed by atoms with van der Waals surface area (Å²) in [7, 11) is 0. The molecule has 0 spiro atoms. The Morgan fingerprint density at radius 1 is 1.10 bits per heavy atom. The summed E-state index contributed by atoms with van der Waals surface area (Å²) < 4.78 is 0. The second-order valence-corrected chi connectivity index (χ2v) is 9.02. The van der Waals surface area contributed by atoms with E-state index in [0.29, 0.717) is 23.6 Å². The third-order valence-electron chi connectivity index (χ3n) is 5.49. The third kappa shape index (κ3) is 3.99. The summed E-state index contributed by atoms with van der Waals surface area (Å²) in [5.41, 5.74) is 2.13. The maximum absolute atomic E-state index is 10.7. The molecule has 30 heavy (non-hydrogen) atoms. The van der Waals surface area contributed by atoms with Gasteiger partial charge in [0.2, 0.25) is 5.95 Å². The second kappa shape index (κ2) is 7.33. The lowest BCUT2D eigenvalue weighted by Gasteiger charge is -2.49. The molecule has 0 unspecified atom stereocenters. The van der Waals surface area contributed by atoms with E-state index in [0.717, 1.165) is 11.1 Å². The number of rotatable bonds is 4. The molecular weight excluding hydrogens is 382 g/mol. The van der Waals surface area contributed by atoms with Crippen LogP contribution in [0.15, 0.2) is 36.8 Å². The number of piperidine rings is 1. The van der Waals surface area contributed by atoms with Crippen molar-refractivity contribution in [1.82, 2.24) is 30.7 Å². The van der Waals surface area contributed by atoms with Crippen LogP contribution in [0.25, 0.3) is 22.4 Å². The van der Waals surface area contributed by atoms with Crippen LogP contribution in [0.3, 0.4) is 0 Å². The molecule has 0 amide bonds. The number of aromatic nitrogens is 5. The molecule has 2 aromatic heterocycles. The molecule has 0 bridgehead atoms. The highest BCUT2D eigenvalue weighted by Crippen LogP contribution is 2.33. The summed E-state index contributed by atoms with van der Waals surface area (Å²) in [6.45, 7) is 8.16. The van der Waals surface area contributed by atoms with E-state index in [2.05, 4.69) is 49.9 Å². The van der Waals surface area contributed by atoms with Crippen LogP contribution in [0.1, 0.15) is 34.1 Å². The summed E-state index contributed by atoms with van der Waals surface area (Å²) in [4.78, 5) is 4.35. The van der Waals surface area contributed by atoms with Gasteiger partial charge in [-0.15, -0.1) is 10.2 Å². The summed E-state index contributed by atoms with van der Waals surface area (Å²) in [5, 5.41) is 42.9. The van der Waals surface area contributed by atoms with Crippen molar-refractivity contribution >= 4 is 5.95 Å². The molecule has 3 heterocycles. The number of hydrogen-bond acceptors (Lipinski definition) is 8. The zero-order valence-corrected chi connectivity index (χ0v) is 17.5. The van der Waals surface area contributed by atoms with Crippen molar-refractivity contribution in [1.29, 1.82) is 0 Å². The van der Waals surface area contributed by atoms with Crippen LogP contribution in [-0.4, -0.2) is 58.8 Å². The molecule has 0 saturated carbocycles. The molecule has 2 atom stereocenters. The smallest absolute Gasteiger partial charge is 0.243 e. The van der Waals surface area contributed by atoms with Gasteiger partial charge in [0.25, 0.3) is 0 Å². The standard InChI is InChI=1S/C21H27N7O2/c1-20(2)8-15(18(30)21(3,4)28-20)25-19-22-11-16(26-27-19)14-6-5-12(7-17(14)29)13-9-23-24-10-13/h5-7,9-11,15,18,28-30H,8H2,1-4H3,(H,23,24)(H,22,25,27)/t15-,18-/m0/s1. The van der Waals surface area contributed by atoms with E-state index in [1.165, 1.54) is 0 Å². The number of phenolic OH excluding ortho intramolecular Hbond substituents is 1. The highest BCUT2D eigenvalue weighted by molar-refractivity contribution is 5.73. The van der Waals surface area contributed by atoms with Gasteiger partial charge in [-0.1, -0.05) is 6.07 Å². The van der Waals surface area contributed by atoms with Crippen LogP contribution in [0.2, 0.25) is 0 Å². The monoisotopic (exact) mass is 409 g/mol. The first-order valence-electron chi connectivity index (χ1n) is 9.91. The van der Waals surface area contributed by atoms with Gasteiger partial charge in [0.1, 0.15) is 11.4 Å². The lowest BCUT2D eigenvalue weighted by molar-refractivity contribution is 0.00365. The molecule has 9 heteroatoms. The molecule has 3 aromatic rings. The van der Waals surface area contributed by atoms with Crippen molar-refractivity contribution in [2.45, 2.75) is 57.3 Å². The molecule has 1 aliphatic heterocycles. The summed E-state index contributed by atoms with van der Waals surface area (Å²) in [6.07, 6.45) is 5.10. The largest absolute Gasteiger partial charge is 0.507 e. The Morgan fingerprint density at radius 3 is 2.53 bits per heavy atom. The summed E-state index contributed by atoms with van der Waals surface area (Å²) in [6, 6.07) is 5.09. The number of hydrogen-bond donors (Lipinski definition) is 5. The molecule has 1 saturated heterocycles. The molecule has 1 aliphatic rings. The van der Waals surface area contributed by atoms with Gasteiger partial charge in [-0.2, -0.15) is 5.10 Å². The highest BCUT2D eigenvalue weighted by atomic mass is 16.3. The molecule has 5 N–H and O–H groups in total. The van der Waals surface area contributed by atoms with Gasteiger partial charge in [-0.05, 0) is 51.8 Å². The number of H-pyrrole nitrogens is 1. The van der Waals surface area contributed by atoms with Crippen molar-refractivity contribution in [3.05, 3.63) is 36.8 Å². The number of aromatic amines is 1. The number of anilines is 1. The Labute approximate surface area is 175 Å². The zero-order chi connectivity index (χ0) is 21.5. The van der Waals surface area contributed by atoms with E-state index in [1.54, 1.807) is 30.7 Å². The van der Waals surface area contributed by atoms with Gasteiger partial charge < -0.3 is 20.8 Å². The Kier molecular flexibility index (Phi) is 4.95.